The third-order valence-electron chi connectivity index (χ3n) is 4.03. The van der Waals surface area contributed by atoms with Crippen molar-refractivity contribution in [2.24, 2.45) is 5.14 Å². The summed E-state index contributed by atoms with van der Waals surface area (Å²) in [6.07, 6.45) is 3.21. The van der Waals surface area contributed by atoms with Crippen LogP contribution in [0.15, 0.2) is 47.5 Å². The Bertz CT molecular complexity index is 828. The molecule has 0 aliphatic carbocycles. The number of hydrogen-bond donors (Lipinski definition) is 2. The molecule has 1 atom stereocenters. The quantitative estimate of drug-likeness (QED) is 0.880. The molecule has 0 amide bonds. The van der Waals surface area contributed by atoms with Crippen molar-refractivity contribution in [1.29, 1.82) is 0 Å². The highest BCUT2D eigenvalue weighted by molar-refractivity contribution is 7.89. The monoisotopic (exact) mass is 350 g/mol. The molecule has 0 spiro atoms. The molecule has 0 radical (unpaired) electrons. The lowest BCUT2D eigenvalue weighted by molar-refractivity contribution is 0.517. The Morgan fingerprint density at radius 2 is 2.04 bits per heavy atom. The highest BCUT2D eigenvalue weighted by Crippen LogP contribution is 2.25. The molecule has 3 rings (SSSR count). The van der Waals surface area contributed by atoms with E-state index in [9.17, 15) is 12.8 Å². The molecule has 2 heterocycles. The molecular formula is C16H19FN4O2S. The lowest BCUT2D eigenvalue weighted by Gasteiger charge is -2.35. The van der Waals surface area contributed by atoms with E-state index in [2.05, 4.69) is 10.3 Å². The van der Waals surface area contributed by atoms with E-state index in [-0.39, 0.29) is 22.6 Å². The Kier molecular flexibility index (Phi) is 4.68. The van der Waals surface area contributed by atoms with Crippen LogP contribution in [0.5, 0.6) is 0 Å². The molecule has 1 saturated heterocycles. The van der Waals surface area contributed by atoms with Gasteiger partial charge in [0.25, 0.3) is 0 Å². The maximum Gasteiger partial charge on any atom is 0.241 e. The summed E-state index contributed by atoms with van der Waals surface area (Å²) in [6, 6.07) is 9.53. The van der Waals surface area contributed by atoms with Gasteiger partial charge in [-0.05, 0) is 37.1 Å². The maximum absolute atomic E-state index is 14.0. The van der Waals surface area contributed by atoms with E-state index in [4.69, 9.17) is 5.14 Å². The van der Waals surface area contributed by atoms with E-state index >= 15 is 0 Å². The van der Waals surface area contributed by atoms with E-state index in [1.807, 2.05) is 4.90 Å². The number of pyridine rings is 1. The summed E-state index contributed by atoms with van der Waals surface area (Å²) >= 11 is 0. The number of halogens is 1. The SMILES string of the molecule is NS(=O)(=O)c1cccnc1NC1CCCN(c2ccccc2F)C1. The van der Waals surface area contributed by atoms with E-state index in [1.54, 1.807) is 18.2 Å². The topological polar surface area (TPSA) is 88.3 Å². The van der Waals surface area contributed by atoms with Gasteiger partial charge in [-0.15, -0.1) is 0 Å². The van der Waals surface area contributed by atoms with Gasteiger partial charge >= 0.3 is 0 Å². The minimum Gasteiger partial charge on any atom is -0.367 e. The minimum absolute atomic E-state index is 0.0342. The van der Waals surface area contributed by atoms with Crippen LogP contribution in [0, 0.1) is 5.82 Å². The van der Waals surface area contributed by atoms with Gasteiger partial charge in [0.05, 0.1) is 5.69 Å². The molecule has 1 fully saturated rings. The highest BCUT2D eigenvalue weighted by Gasteiger charge is 2.24. The average molecular weight is 350 g/mol. The fraction of sp³-hybridized carbons (Fsp3) is 0.312. The van der Waals surface area contributed by atoms with Crippen molar-refractivity contribution in [3.05, 3.63) is 48.4 Å². The van der Waals surface area contributed by atoms with E-state index in [1.165, 1.54) is 24.4 Å². The molecule has 24 heavy (non-hydrogen) atoms. The Labute approximate surface area is 140 Å². The molecule has 2 aromatic rings. The first-order valence-electron chi connectivity index (χ1n) is 7.69. The number of piperidine rings is 1. The van der Waals surface area contributed by atoms with Gasteiger partial charge in [0, 0.05) is 25.3 Å². The number of nitrogens with one attached hydrogen (secondary N) is 1. The van der Waals surface area contributed by atoms with Crippen molar-refractivity contribution in [1.82, 2.24) is 4.98 Å². The summed E-state index contributed by atoms with van der Waals surface area (Å²) in [5, 5.41) is 8.37. The summed E-state index contributed by atoms with van der Waals surface area (Å²) in [6.45, 7) is 1.31. The first-order chi connectivity index (χ1) is 11.4. The summed E-state index contributed by atoms with van der Waals surface area (Å²) in [5.41, 5.74) is 0.552. The lowest BCUT2D eigenvalue weighted by Crippen LogP contribution is -2.43. The summed E-state index contributed by atoms with van der Waals surface area (Å²) in [7, 11) is -3.86. The standard InChI is InChI=1S/C16H19FN4O2S/c17-13-6-1-2-7-14(13)21-10-4-5-12(11-21)20-16-15(24(18,22)23)8-3-9-19-16/h1-3,6-9,12H,4-5,10-11H2,(H,19,20)(H2,18,22,23). The number of hydrogen-bond acceptors (Lipinski definition) is 5. The second-order valence-electron chi connectivity index (χ2n) is 5.78. The smallest absolute Gasteiger partial charge is 0.241 e. The van der Waals surface area contributed by atoms with Gasteiger partial charge in [-0.25, -0.2) is 22.9 Å². The zero-order valence-corrected chi connectivity index (χ0v) is 13.8. The van der Waals surface area contributed by atoms with Crippen LogP contribution in [0.3, 0.4) is 0 Å². The molecule has 3 N–H and O–H groups in total. The molecule has 1 aliphatic heterocycles. The number of primary sulfonamides is 1. The van der Waals surface area contributed by atoms with E-state index in [0.717, 1.165) is 19.4 Å². The molecule has 0 saturated carbocycles. The Balaban J connectivity index is 1.79. The zero-order valence-electron chi connectivity index (χ0n) is 13.0. The van der Waals surface area contributed by atoms with Crippen molar-refractivity contribution in [3.63, 3.8) is 0 Å². The van der Waals surface area contributed by atoms with Gasteiger partial charge < -0.3 is 10.2 Å². The molecule has 1 aromatic heterocycles. The zero-order chi connectivity index (χ0) is 17.2. The number of nitrogens with two attached hydrogens (primary N) is 1. The van der Waals surface area contributed by atoms with Gasteiger partial charge in [0.2, 0.25) is 10.0 Å². The highest BCUT2D eigenvalue weighted by atomic mass is 32.2. The number of aromatic nitrogens is 1. The van der Waals surface area contributed by atoms with Crippen LogP contribution in [0.4, 0.5) is 15.9 Å². The van der Waals surface area contributed by atoms with E-state index < -0.39 is 10.0 Å². The third-order valence-corrected chi connectivity index (χ3v) is 4.98. The van der Waals surface area contributed by atoms with Gasteiger partial charge in [-0.2, -0.15) is 0 Å². The molecule has 1 aromatic carbocycles. The average Bonchev–Trinajstić information content (AvgIpc) is 2.55. The fourth-order valence-electron chi connectivity index (χ4n) is 2.94. The van der Waals surface area contributed by atoms with Crippen LogP contribution >= 0.6 is 0 Å². The van der Waals surface area contributed by atoms with Crippen molar-refractivity contribution >= 4 is 21.5 Å². The molecule has 128 valence electrons. The fourth-order valence-corrected chi connectivity index (χ4v) is 3.59. The Morgan fingerprint density at radius 1 is 1.25 bits per heavy atom. The lowest BCUT2D eigenvalue weighted by atomic mass is 10.0. The van der Waals surface area contributed by atoms with Gasteiger partial charge in [-0.1, -0.05) is 12.1 Å². The molecule has 1 unspecified atom stereocenters. The first-order valence-corrected chi connectivity index (χ1v) is 9.23. The van der Waals surface area contributed by atoms with Crippen LogP contribution < -0.4 is 15.4 Å². The van der Waals surface area contributed by atoms with Crippen molar-refractivity contribution in [3.8, 4) is 0 Å². The number of nitrogens with zero attached hydrogens (tertiary/aromatic N) is 2. The maximum atomic E-state index is 14.0. The van der Waals surface area contributed by atoms with Crippen LogP contribution in [-0.2, 0) is 10.0 Å². The van der Waals surface area contributed by atoms with Crippen LogP contribution in [0.2, 0.25) is 0 Å². The molecular weight excluding hydrogens is 331 g/mol. The largest absolute Gasteiger partial charge is 0.367 e. The normalized spacial score (nSPS) is 18.4. The van der Waals surface area contributed by atoms with Crippen LogP contribution in [-0.4, -0.2) is 32.5 Å². The first kappa shape index (κ1) is 16.7. The third kappa shape index (κ3) is 3.65. The number of rotatable bonds is 4. The number of benzene rings is 1. The predicted octanol–water partition coefficient (Wildman–Crippen LogP) is 1.95. The summed E-state index contributed by atoms with van der Waals surface area (Å²) in [4.78, 5) is 6.01. The number of sulfonamides is 1. The Morgan fingerprint density at radius 3 is 2.79 bits per heavy atom. The second kappa shape index (κ2) is 6.74. The van der Waals surface area contributed by atoms with Crippen LogP contribution in [0.1, 0.15) is 12.8 Å². The Hall–Kier alpha value is -2.19. The van der Waals surface area contributed by atoms with Gasteiger partial charge in [0.1, 0.15) is 16.5 Å². The molecule has 1 aliphatic rings. The summed E-state index contributed by atoms with van der Waals surface area (Å²) in [5.74, 6) is -0.0263. The molecule has 0 bridgehead atoms. The minimum atomic E-state index is -3.86. The predicted molar refractivity (Wildman–Crippen MR) is 90.9 cm³/mol. The van der Waals surface area contributed by atoms with Crippen molar-refractivity contribution in [2.75, 3.05) is 23.3 Å². The van der Waals surface area contributed by atoms with Crippen molar-refractivity contribution < 1.29 is 12.8 Å². The second-order valence-corrected chi connectivity index (χ2v) is 7.31. The van der Waals surface area contributed by atoms with E-state index in [0.29, 0.717) is 12.2 Å². The van der Waals surface area contributed by atoms with Crippen molar-refractivity contribution in [2.45, 2.75) is 23.8 Å². The van der Waals surface area contributed by atoms with Gasteiger partial charge in [-0.3, -0.25) is 0 Å². The molecule has 8 heteroatoms. The van der Waals surface area contributed by atoms with Crippen LogP contribution in [0.25, 0.3) is 0 Å². The number of para-hydroxylation sites is 1. The van der Waals surface area contributed by atoms with Gasteiger partial charge in [0.15, 0.2) is 0 Å². The number of anilines is 2. The molecule has 6 nitrogen and oxygen atoms in total. The summed E-state index contributed by atoms with van der Waals surface area (Å²) < 4.78 is 37.3.